The lowest BCUT2D eigenvalue weighted by Crippen LogP contribution is -2.21. The fourth-order valence-electron chi connectivity index (χ4n) is 2.65. The predicted molar refractivity (Wildman–Crippen MR) is 91.0 cm³/mol. The van der Waals surface area contributed by atoms with Crippen molar-refractivity contribution < 1.29 is 14.3 Å². The Morgan fingerprint density at radius 1 is 1.28 bits per heavy atom. The lowest BCUT2D eigenvalue weighted by atomic mass is 10.1. The Morgan fingerprint density at radius 2 is 2.16 bits per heavy atom. The van der Waals surface area contributed by atoms with Crippen molar-refractivity contribution in [3.05, 3.63) is 46.9 Å². The molecule has 4 rings (SSSR count). The van der Waals surface area contributed by atoms with Crippen LogP contribution in [-0.4, -0.2) is 39.3 Å². The van der Waals surface area contributed by atoms with Crippen LogP contribution in [0.15, 0.2) is 41.4 Å². The molecule has 0 fully saturated rings. The number of amides is 1. The van der Waals surface area contributed by atoms with E-state index in [2.05, 4.69) is 20.8 Å². The van der Waals surface area contributed by atoms with Crippen molar-refractivity contribution in [2.24, 2.45) is 0 Å². The van der Waals surface area contributed by atoms with Crippen molar-refractivity contribution in [1.82, 2.24) is 20.2 Å². The molecule has 0 spiro atoms. The van der Waals surface area contributed by atoms with Gasteiger partial charge >= 0.3 is 0 Å². The minimum Gasteiger partial charge on any atom is -0.486 e. The second-order valence-electron chi connectivity index (χ2n) is 5.47. The summed E-state index contributed by atoms with van der Waals surface area (Å²) in [6.07, 6.45) is 1.73. The van der Waals surface area contributed by atoms with Crippen LogP contribution in [0.1, 0.15) is 18.0 Å². The third kappa shape index (κ3) is 3.45. The number of aromatic nitrogens is 4. The summed E-state index contributed by atoms with van der Waals surface area (Å²) < 4.78 is 12.6. The number of anilines is 1. The first-order chi connectivity index (χ1) is 12.3. The highest BCUT2D eigenvalue weighted by molar-refractivity contribution is 7.08. The molecule has 3 heterocycles. The number of rotatable bonds is 5. The first-order valence-electron chi connectivity index (χ1n) is 7.73. The molecule has 2 aromatic heterocycles. The number of fused-ring (bicyclic) bond motifs is 1. The van der Waals surface area contributed by atoms with Crippen molar-refractivity contribution in [2.75, 3.05) is 18.5 Å². The SMILES string of the molecule is O=C(C[C@@H](c1ccsc1)n1cnnn1)Nc1ccc2c(c1)OCCO2. The number of hydrogen-bond acceptors (Lipinski definition) is 7. The minimum atomic E-state index is -0.251. The standard InChI is InChI=1S/C16H15N5O3S/c22-16(18-12-1-2-14-15(7-12)24-5-4-23-14)8-13(11-3-6-25-9-11)21-10-17-19-20-21/h1-3,6-7,9-10,13H,4-5,8H2,(H,18,22)/t13-/m0/s1. The average Bonchev–Trinajstić information content (AvgIpc) is 3.33. The molecule has 1 atom stereocenters. The molecule has 0 saturated carbocycles. The topological polar surface area (TPSA) is 91.2 Å². The van der Waals surface area contributed by atoms with Crippen molar-refractivity contribution in [3.8, 4) is 11.5 Å². The van der Waals surface area contributed by atoms with Crippen LogP contribution in [0.5, 0.6) is 11.5 Å². The van der Waals surface area contributed by atoms with Crippen molar-refractivity contribution >= 4 is 22.9 Å². The number of tetrazole rings is 1. The summed E-state index contributed by atoms with van der Waals surface area (Å²) >= 11 is 1.57. The maximum Gasteiger partial charge on any atom is 0.226 e. The van der Waals surface area contributed by atoms with E-state index in [0.717, 1.165) is 5.56 Å². The normalized spacial score (nSPS) is 14.1. The third-order valence-electron chi connectivity index (χ3n) is 3.82. The summed E-state index contributed by atoms with van der Waals surface area (Å²) in [5, 5.41) is 18.1. The second-order valence-corrected chi connectivity index (χ2v) is 6.25. The molecule has 1 aliphatic heterocycles. The molecule has 1 amide bonds. The van der Waals surface area contributed by atoms with E-state index in [1.165, 1.54) is 6.33 Å². The van der Waals surface area contributed by atoms with Gasteiger partial charge in [-0.15, -0.1) is 5.10 Å². The van der Waals surface area contributed by atoms with Crippen molar-refractivity contribution in [3.63, 3.8) is 0 Å². The molecule has 0 unspecified atom stereocenters. The Bertz CT molecular complexity index is 817. The summed E-state index contributed by atoms with van der Waals surface area (Å²) in [7, 11) is 0. The predicted octanol–water partition coefficient (Wildman–Crippen LogP) is 2.12. The minimum absolute atomic E-state index is 0.136. The van der Waals surface area contributed by atoms with Gasteiger partial charge < -0.3 is 14.8 Å². The number of carbonyl (C=O) groups excluding carboxylic acids is 1. The zero-order valence-electron chi connectivity index (χ0n) is 13.2. The van der Waals surface area contributed by atoms with Gasteiger partial charge in [-0.3, -0.25) is 4.79 Å². The zero-order chi connectivity index (χ0) is 17.1. The molecule has 0 radical (unpaired) electrons. The summed E-state index contributed by atoms with van der Waals surface area (Å²) in [6.45, 7) is 1.04. The average molecular weight is 357 g/mol. The molecule has 1 aromatic carbocycles. The molecular weight excluding hydrogens is 342 g/mol. The first kappa shape index (κ1) is 15.6. The first-order valence-corrected chi connectivity index (χ1v) is 8.68. The Hall–Kier alpha value is -2.94. The van der Waals surface area contributed by atoms with Gasteiger partial charge in [0.25, 0.3) is 0 Å². The van der Waals surface area contributed by atoms with Gasteiger partial charge in [0.05, 0.1) is 12.5 Å². The van der Waals surface area contributed by atoms with Crippen LogP contribution in [0.4, 0.5) is 5.69 Å². The highest BCUT2D eigenvalue weighted by Crippen LogP contribution is 2.33. The van der Waals surface area contributed by atoms with Crippen molar-refractivity contribution in [2.45, 2.75) is 12.5 Å². The van der Waals surface area contributed by atoms with Gasteiger partial charge in [-0.05, 0) is 44.9 Å². The Balaban J connectivity index is 1.49. The van der Waals surface area contributed by atoms with Gasteiger partial charge in [0.1, 0.15) is 19.5 Å². The zero-order valence-corrected chi connectivity index (χ0v) is 14.0. The van der Waals surface area contributed by atoms with Gasteiger partial charge in [0.2, 0.25) is 5.91 Å². The molecule has 3 aromatic rings. The van der Waals surface area contributed by atoms with E-state index in [0.29, 0.717) is 30.4 Å². The van der Waals surface area contributed by atoms with E-state index in [1.807, 2.05) is 16.8 Å². The largest absolute Gasteiger partial charge is 0.486 e. The third-order valence-corrected chi connectivity index (χ3v) is 4.52. The molecule has 1 aliphatic rings. The quantitative estimate of drug-likeness (QED) is 0.752. The maximum absolute atomic E-state index is 12.5. The van der Waals surface area contributed by atoms with E-state index >= 15 is 0 Å². The number of hydrogen-bond donors (Lipinski definition) is 1. The van der Waals surface area contributed by atoms with E-state index < -0.39 is 0 Å². The highest BCUT2D eigenvalue weighted by Gasteiger charge is 2.20. The number of thiophene rings is 1. The summed E-state index contributed by atoms with van der Waals surface area (Å²) in [4.78, 5) is 12.5. The second kappa shape index (κ2) is 6.89. The molecule has 0 saturated heterocycles. The van der Waals surface area contributed by atoms with Gasteiger partial charge in [-0.1, -0.05) is 0 Å². The number of benzene rings is 1. The molecule has 25 heavy (non-hydrogen) atoms. The number of nitrogens with one attached hydrogen (secondary N) is 1. The lowest BCUT2D eigenvalue weighted by Gasteiger charge is -2.19. The van der Waals surface area contributed by atoms with E-state index in [-0.39, 0.29) is 18.4 Å². The van der Waals surface area contributed by atoms with Gasteiger partial charge in [0.15, 0.2) is 11.5 Å². The van der Waals surface area contributed by atoms with Crippen LogP contribution >= 0.6 is 11.3 Å². The Labute approximate surface area is 147 Å². The van der Waals surface area contributed by atoms with Crippen molar-refractivity contribution in [1.29, 1.82) is 0 Å². The molecule has 0 bridgehead atoms. The van der Waals surface area contributed by atoms with E-state index in [4.69, 9.17) is 9.47 Å². The van der Waals surface area contributed by atoms with Crippen LogP contribution in [-0.2, 0) is 4.79 Å². The van der Waals surface area contributed by atoms with Gasteiger partial charge in [-0.2, -0.15) is 11.3 Å². The summed E-state index contributed by atoms with van der Waals surface area (Å²) in [5.74, 6) is 1.19. The summed E-state index contributed by atoms with van der Waals surface area (Å²) in [5.41, 5.74) is 1.66. The van der Waals surface area contributed by atoms with Gasteiger partial charge in [-0.25, -0.2) is 4.68 Å². The van der Waals surface area contributed by atoms with Gasteiger partial charge in [0, 0.05) is 11.8 Å². The maximum atomic E-state index is 12.5. The Kier molecular flexibility index (Phi) is 4.30. The van der Waals surface area contributed by atoms with Crippen LogP contribution in [0.25, 0.3) is 0 Å². The molecule has 9 heteroatoms. The fourth-order valence-corrected chi connectivity index (χ4v) is 3.36. The molecule has 0 aliphatic carbocycles. The monoisotopic (exact) mass is 357 g/mol. The highest BCUT2D eigenvalue weighted by atomic mass is 32.1. The molecule has 8 nitrogen and oxygen atoms in total. The molecular formula is C16H15N5O3S. The molecule has 128 valence electrons. The van der Waals surface area contributed by atoms with Crippen LogP contribution in [0.3, 0.4) is 0 Å². The van der Waals surface area contributed by atoms with Crippen LogP contribution in [0, 0.1) is 0 Å². The van der Waals surface area contributed by atoms with Crippen LogP contribution in [0.2, 0.25) is 0 Å². The van der Waals surface area contributed by atoms with E-state index in [1.54, 1.807) is 34.2 Å². The number of ether oxygens (including phenoxy) is 2. The van der Waals surface area contributed by atoms with E-state index in [9.17, 15) is 4.79 Å². The number of carbonyl (C=O) groups is 1. The lowest BCUT2D eigenvalue weighted by molar-refractivity contribution is -0.116. The number of nitrogens with zero attached hydrogens (tertiary/aromatic N) is 4. The Morgan fingerprint density at radius 3 is 2.92 bits per heavy atom. The fraction of sp³-hybridized carbons (Fsp3) is 0.250. The summed E-state index contributed by atoms with van der Waals surface area (Å²) in [6, 6.07) is 7.07. The molecule has 1 N–H and O–H groups in total. The smallest absolute Gasteiger partial charge is 0.226 e. The van der Waals surface area contributed by atoms with Crippen LogP contribution < -0.4 is 14.8 Å².